The van der Waals surface area contributed by atoms with Gasteiger partial charge in [0, 0.05) is 45.4 Å². The number of hydrogen-bond acceptors (Lipinski definition) is 5. The van der Waals surface area contributed by atoms with Gasteiger partial charge in [0.15, 0.2) is 0 Å². The molecule has 2 aromatic carbocycles. The minimum absolute atomic E-state index is 0.0117. The molecular weight excluding hydrogens is 412 g/mol. The number of benzene rings is 2. The van der Waals surface area contributed by atoms with E-state index in [1.165, 1.54) is 11.1 Å². The molecule has 6 heteroatoms. The molecule has 0 amide bonds. The van der Waals surface area contributed by atoms with Crippen molar-refractivity contribution in [3.05, 3.63) is 75.2 Å². The van der Waals surface area contributed by atoms with Crippen LogP contribution in [0.4, 0.5) is 11.4 Å². The van der Waals surface area contributed by atoms with Crippen LogP contribution in [0.25, 0.3) is 11.4 Å². The van der Waals surface area contributed by atoms with E-state index < -0.39 is 0 Å². The third-order valence-electron chi connectivity index (χ3n) is 6.53. The van der Waals surface area contributed by atoms with Crippen molar-refractivity contribution in [1.29, 1.82) is 0 Å². The Balaban J connectivity index is 1.77. The molecule has 4 rings (SSSR count). The van der Waals surface area contributed by atoms with Crippen LogP contribution in [0.5, 0.6) is 0 Å². The van der Waals surface area contributed by atoms with Gasteiger partial charge in [-0.2, -0.15) is 0 Å². The van der Waals surface area contributed by atoms with Crippen LogP contribution in [-0.4, -0.2) is 36.4 Å². The van der Waals surface area contributed by atoms with Gasteiger partial charge >= 0.3 is 0 Å². The van der Waals surface area contributed by atoms with Gasteiger partial charge in [-0.1, -0.05) is 31.2 Å². The molecule has 2 atom stereocenters. The largest absolute Gasteiger partial charge is 0.378 e. The first-order chi connectivity index (χ1) is 15.8. The number of anilines is 2. The second-order valence-electron chi connectivity index (χ2n) is 8.89. The van der Waals surface area contributed by atoms with Crippen LogP contribution in [0.3, 0.4) is 0 Å². The van der Waals surface area contributed by atoms with E-state index in [4.69, 9.17) is 9.72 Å². The van der Waals surface area contributed by atoms with Crippen molar-refractivity contribution >= 4 is 11.4 Å². The molecule has 0 saturated carbocycles. The van der Waals surface area contributed by atoms with Crippen molar-refractivity contribution in [3.63, 3.8) is 0 Å². The standard InChI is InChI=1S/C27H34N4O2/c1-7-22-25(29-24-21-12-10-9-11-18(21)16-23(24)33-8-2)27(32)31(6)26(28-22)20-14-13-19(30(4)5)15-17(20)3/h9-15,23-24,29H,7-8,16H2,1-6H3. The van der Waals surface area contributed by atoms with Crippen molar-refractivity contribution in [2.45, 2.75) is 45.8 Å². The molecule has 2 unspecified atom stereocenters. The Labute approximate surface area is 196 Å². The highest BCUT2D eigenvalue weighted by molar-refractivity contribution is 5.67. The summed E-state index contributed by atoms with van der Waals surface area (Å²) < 4.78 is 7.72. The van der Waals surface area contributed by atoms with Gasteiger partial charge in [0.1, 0.15) is 11.5 Å². The number of hydrogen-bond donors (Lipinski definition) is 1. The molecule has 0 saturated heterocycles. The molecule has 3 aromatic rings. The molecule has 0 spiro atoms. The first-order valence-corrected chi connectivity index (χ1v) is 11.7. The maximum Gasteiger partial charge on any atom is 0.277 e. The van der Waals surface area contributed by atoms with Gasteiger partial charge in [0.2, 0.25) is 0 Å². The van der Waals surface area contributed by atoms with Crippen molar-refractivity contribution in [2.24, 2.45) is 7.05 Å². The third-order valence-corrected chi connectivity index (χ3v) is 6.53. The Bertz CT molecular complexity index is 1220. The van der Waals surface area contributed by atoms with Gasteiger partial charge in [-0.25, -0.2) is 4.98 Å². The minimum Gasteiger partial charge on any atom is -0.378 e. The predicted octanol–water partition coefficient (Wildman–Crippen LogP) is 4.50. The van der Waals surface area contributed by atoms with Gasteiger partial charge in [0.05, 0.1) is 17.8 Å². The summed E-state index contributed by atoms with van der Waals surface area (Å²) in [6.07, 6.45) is 1.49. The lowest BCUT2D eigenvalue weighted by atomic mass is 10.1. The smallest absolute Gasteiger partial charge is 0.277 e. The summed E-state index contributed by atoms with van der Waals surface area (Å²) in [6.45, 7) is 6.75. The van der Waals surface area contributed by atoms with E-state index in [0.29, 0.717) is 24.5 Å². The van der Waals surface area contributed by atoms with Gasteiger partial charge in [0.25, 0.3) is 5.56 Å². The summed E-state index contributed by atoms with van der Waals surface area (Å²) in [5, 5.41) is 3.55. The summed E-state index contributed by atoms with van der Waals surface area (Å²) >= 11 is 0. The van der Waals surface area contributed by atoms with Crippen LogP contribution in [0.2, 0.25) is 0 Å². The van der Waals surface area contributed by atoms with Crippen molar-refractivity contribution in [3.8, 4) is 11.4 Å². The Kier molecular flexibility index (Phi) is 6.56. The zero-order valence-electron chi connectivity index (χ0n) is 20.5. The lowest BCUT2D eigenvalue weighted by Gasteiger charge is -2.24. The van der Waals surface area contributed by atoms with Gasteiger partial charge in [-0.05, 0) is 55.2 Å². The van der Waals surface area contributed by atoms with E-state index >= 15 is 0 Å². The number of rotatable bonds is 7. The molecule has 1 heterocycles. The minimum atomic E-state index is -0.0760. The Morgan fingerprint density at radius 1 is 1.18 bits per heavy atom. The van der Waals surface area contributed by atoms with Crippen molar-refractivity contribution in [2.75, 3.05) is 30.9 Å². The molecule has 0 fully saturated rings. The molecule has 1 N–H and O–H groups in total. The second kappa shape index (κ2) is 9.40. The van der Waals surface area contributed by atoms with Crippen LogP contribution >= 0.6 is 0 Å². The van der Waals surface area contributed by atoms with Crippen LogP contribution in [0, 0.1) is 6.92 Å². The van der Waals surface area contributed by atoms with Crippen molar-refractivity contribution in [1.82, 2.24) is 9.55 Å². The molecule has 1 aromatic heterocycles. The highest BCUT2D eigenvalue weighted by atomic mass is 16.5. The number of nitrogens with zero attached hydrogens (tertiary/aromatic N) is 3. The van der Waals surface area contributed by atoms with E-state index in [1.807, 2.05) is 34.0 Å². The quantitative estimate of drug-likeness (QED) is 0.579. The average Bonchev–Trinajstić information content (AvgIpc) is 3.14. The maximum atomic E-state index is 13.6. The van der Waals surface area contributed by atoms with E-state index in [0.717, 1.165) is 28.9 Å². The number of aromatic nitrogens is 2. The molecule has 174 valence electrons. The molecule has 1 aliphatic rings. The Morgan fingerprint density at radius 3 is 2.61 bits per heavy atom. The molecule has 33 heavy (non-hydrogen) atoms. The molecule has 0 bridgehead atoms. The average molecular weight is 447 g/mol. The third kappa shape index (κ3) is 4.27. The fraction of sp³-hybridized carbons (Fsp3) is 0.407. The number of nitrogens with one attached hydrogen (secondary N) is 1. The predicted molar refractivity (Wildman–Crippen MR) is 135 cm³/mol. The van der Waals surface area contributed by atoms with Crippen LogP contribution in [0.1, 0.15) is 42.3 Å². The number of aryl methyl sites for hydroxylation is 2. The molecular formula is C27H34N4O2. The summed E-state index contributed by atoms with van der Waals surface area (Å²) in [4.78, 5) is 20.6. The van der Waals surface area contributed by atoms with Crippen LogP contribution in [-0.2, 0) is 24.6 Å². The van der Waals surface area contributed by atoms with E-state index in [-0.39, 0.29) is 17.7 Å². The van der Waals surface area contributed by atoms with E-state index in [9.17, 15) is 4.79 Å². The first kappa shape index (κ1) is 23.1. The van der Waals surface area contributed by atoms with Gasteiger partial charge in [-0.3, -0.25) is 9.36 Å². The lowest BCUT2D eigenvalue weighted by molar-refractivity contribution is 0.0574. The number of fused-ring (bicyclic) bond motifs is 1. The first-order valence-electron chi connectivity index (χ1n) is 11.7. The van der Waals surface area contributed by atoms with E-state index in [1.54, 1.807) is 11.6 Å². The second-order valence-corrected chi connectivity index (χ2v) is 8.89. The lowest BCUT2D eigenvalue weighted by Crippen LogP contribution is -2.31. The molecule has 6 nitrogen and oxygen atoms in total. The zero-order valence-corrected chi connectivity index (χ0v) is 20.5. The van der Waals surface area contributed by atoms with Gasteiger partial charge in [-0.15, -0.1) is 0 Å². The van der Waals surface area contributed by atoms with Crippen LogP contribution in [0.15, 0.2) is 47.3 Å². The fourth-order valence-electron chi connectivity index (χ4n) is 4.72. The fourth-order valence-corrected chi connectivity index (χ4v) is 4.72. The molecule has 0 aliphatic heterocycles. The maximum absolute atomic E-state index is 13.6. The summed E-state index contributed by atoms with van der Waals surface area (Å²) in [5.41, 5.74) is 6.93. The Morgan fingerprint density at radius 2 is 1.94 bits per heavy atom. The normalized spacial score (nSPS) is 17.2. The SMILES string of the molecule is CCOC1Cc2ccccc2C1Nc1c(CC)nc(-c2ccc(N(C)C)cc2C)n(C)c1=O. The number of ether oxygens (including phenoxy) is 1. The van der Waals surface area contributed by atoms with Gasteiger partial charge < -0.3 is 15.0 Å². The Hall–Kier alpha value is -3.12. The van der Waals surface area contributed by atoms with Crippen molar-refractivity contribution < 1.29 is 4.74 Å². The van der Waals surface area contributed by atoms with Crippen LogP contribution < -0.4 is 15.8 Å². The zero-order chi connectivity index (χ0) is 23.7. The molecule has 0 radical (unpaired) electrons. The molecule has 1 aliphatic carbocycles. The monoisotopic (exact) mass is 446 g/mol. The summed E-state index contributed by atoms with van der Waals surface area (Å²) in [6, 6.07) is 14.5. The highest BCUT2D eigenvalue weighted by Crippen LogP contribution is 2.36. The summed E-state index contributed by atoms with van der Waals surface area (Å²) in [7, 11) is 5.85. The topological polar surface area (TPSA) is 59.4 Å². The highest BCUT2D eigenvalue weighted by Gasteiger charge is 2.34. The summed E-state index contributed by atoms with van der Waals surface area (Å²) in [5.74, 6) is 0.693. The van der Waals surface area contributed by atoms with E-state index in [2.05, 4.69) is 53.5 Å².